The Morgan fingerprint density at radius 3 is 2.70 bits per heavy atom. The molecule has 2 rings (SSSR count). The first-order chi connectivity index (χ1) is 9.45. The fraction of sp³-hybridized carbons (Fsp3) is 0.375. The van der Waals surface area contributed by atoms with E-state index in [1.165, 1.54) is 5.57 Å². The third kappa shape index (κ3) is 3.14. The van der Waals surface area contributed by atoms with Gasteiger partial charge in [0.05, 0.1) is 17.8 Å². The van der Waals surface area contributed by atoms with E-state index < -0.39 is 5.66 Å². The average Bonchev–Trinajstić information content (AvgIpc) is 2.43. The van der Waals surface area contributed by atoms with Crippen molar-refractivity contribution in [2.45, 2.75) is 37.2 Å². The Balaban J connectivity index is 2.36. The van der Waals surface area contributed by atoms with E-state index in [1.807, 2.05) is 30.4 Å². The first-order valence-corrected chi connectivity index (χ1v) is 7.52. The lowest BCUT2D eigenvalue weighted by Gasteiger charge is -2.35. The van der Waals surface area contributed by atoms with Crippen LogP contribution in [-0.2, 0) is 0 Å². The lowest BCUT2D eigenvalue weighted by molar-refractivity contribution is 0.392. The summed E-state index contributed by atoms with van der Waals surface area (Å²) in [5.41, 5.74) is 14.6. The predicted molar refractivity (Wildman–Crippen MR) is 84.6 cm³/mol. The minimum atomic E-state index is -0.787. The zero-order valence-corrected chi connectivity index (χ0v) is 12.7. The highest BCUT2D eigenvalue weighted by Gasteiger charge is 2.31. The summed E-state index contributed by atoms with van der Waals surface area (Å²) in [4.78, 5) is 0.602. The molecule has 0 saturated heterocycles. The van der Waals surface area contributed by atoms with Gasteiger partial charge >= 0.3 is 0 Å². The maximum absolute atomic E-state index is 12.9. The summed E-state index contributed by atoms with van der Waals surface area (Å²) in [5.74, 6) is 0.487. The van der Waals surface area contributed by atoms with Gasteiger partial charge in [-0.3, -0.25) is 0 Å². The normalized spacial score (nSPS) is 22.6. The zero-order chi connectivity index (χ0) is 14.8. The van der Waals surface area contributed by atoms with E-state index >= 15 is 0 Å². The van der Waals surface area contributed by atoms with Crippen LogP contribution in [0.4, 0.5) is 3.89 Å². The molecule has 4 heteroatoms. The zero-order valence-electron chi connectivity index (χ0n) is 11.9. The number of hydrogen-bond donors (Lipinski definition) is 2. The minimum absolute atomic E-state index is 0.253. The van der Waals surface area contributed by atoms with Crippen LogP contribution >= 0.6 is 12.1 Å². The van der Waals surface area contributed by atoms with Gasteiger partial charge in [-0.15, -0.1) is 0 Å². The topological polar surface area (TPSA) is 52.0 Å². The lowest BCUT2D eigenvalue weighted by atomic mass is 9.78. The van der Waals surface area contributed by atoms with Gasteiger partial charge in [-0.1, -0.05) is 42.8 Å². The van der Waals surface area contributed by atoms with Crippen molar-refractivity contribution in [1.82, 2.24) is 0 Å². The molecule has 2 nitrogen and oxygen atoms in total. The molecule has 20 heavy (non-hydrogen) atoms. The third-order valence-corrected chi connectivity index (χ3v) is 4.63. The molecule has 0 aliphatic heterocycles. The summed E-state index contributed by atoms with van der Waals surface area (Å²) in [6.45, 7) is 4.26. The number of rotatable bonds is 3. The number of nitrogens with two attached hydrogens (primary N) is 2. The molecule has 1 atom stereocenters. The molecule has 0 fully saturated rings. The maximum Gasteiger partial charge on any atom is 0.0899 e. The second-order valence-corrected chi connectivity index (χ2v) is 6.12. The molecule has 0 saturated carbocycles. The molecule has 1 aliphatic rings. The molecule has 0 spiro atoms. The lowest BCUT2D eigenvalue weighted by Crippen LogP contribution is -2.53. The van der Waals surface area contributed by atoms with Crippen molar-refractivity contribution in [2.24, 2.45) is 17.4 Å². The summed E-state index contributed by atoms with van der Waals surface area (Å²) in [6.07, 6.45) is 5.62. The summed E-state index contributed by atoms with van der Waals surface area (Å²) in [6, 6.07) is 7.35. The van der Waals surface area contributed by atoms with Crippen LogP contribution in [0.25, 0.3) is 6.08 Å². The smallest absolute Gasteiger partial charge is 0.0899 e. The van der Waals surface area contributed by atoms with Crippen molar-refractivity contribution < 1.29 is 3.89 Å². The van der Waals surface area contributed by atoms with Crippen LogP contribution in [0.15, 0.2) is 46.4 Å². The predicted octanol–water partition coefficient (Wildman–Crippen LogP) is 4.04. The van der Waals surface area contributed by atoms with Crippen LogP contribution in [0, 0.1) is 5.92 Å². The van der Waals surface area contributed by atoms with Gasteiger partial charge in [-0.05, 0) is 42.9 Å². The molecule has 0 bridgehead atoms. The van der Waals surface area contributed by atoms with Gasteiger partial charge in [0.15, 0.2) is 0 Å². The third-order valence-electron chi connectivity index (χ3n) is 4.09. The largest absolute Gasteiger partial charge is 0.310 e. The molecule has 108 valence electrons. The Hall–Kier alpha value is -1.10. The van der Waals surface area contributed by atoms with Crippen LogP contribution in [0.1, 0.15) is 32.3 Å². The molecule has 0 aromatic heterocycles. The van der Waals surface area contributed by atoms with E-state index in [0.29, 0.717) is 10.8 Å². The average molecular weight is 292 g/mol. The molecule has 0 heterocycles. The Bertz CT molecular complexity index is 549. The molecule has 1 unspecified atom stereocenters. The van der Waals surface area contributed by atoms with Crippen LogP contribution in [0.3, 0.4) is 0 Å². The quantitative estimate of drug-likeness (QED) is 0.827. The Morgan fingerprint density at radius 2 is 2.00 bits per heavy atom. The standard InChI is InChI=1S/C16H21FN2S/c1-11-9-10-16(18,19)14(12(11)2)8-7-13-5-3-4-6-15(13)20-17/h3-8,11H,9-10,18-19H2,1-2H3/b8-7+. The van der Waals surface area contributed by atoms with Gasteiger partial charge in [-0.25, -0.2) is 0 Å². The molecular formula is C16H21FN2S. The van der Waals surface area contributed by atoms with Crippen LogP contribution in [-0.4, -0.2) is 5.66 Å². The van der Waals surface area contributed by atoms with E-state index in [0.717, 1.165) is 24.0 Å². The number of allylic oxidation sites excluding steroid dienone is 1. The SMILES string of the molecule is CC1=C(/C=C/c2ccccc2SF)C(N)(N)CCC1C. The first-order valence-electron chi connectivity index (χ1n) is 6.80. The molecule has 0 radical (unpaired) electrons. The Kier molecular flexibility index (Phi) is 4.68. The van der Waals surface area contributed by atoms with Crippen LogP contribution in [0.5, 0.6) is 0 Å². The van der Waals surface area contributed by atoms with Gasteiger partial charge < -0.3 is 11.5 Å². The van der Waals surface area contributed by atoms with Gasteiger partial charge in [0.2, 0.25) is 0 Å². The van der Waals surface area contributed by atoms with E-state index in [-0.39, 0.29) is 12.1 Å². The number of benzene rings is 1. The van der Waals surface area contributed by atoms with E-state index in [9.17, 15) is 3.89 Å². The summed E-state index contributed by atoms with van der Waals surface area (Å²) in [5, 5.41) is 0. The van der Waals surface area contributed by atoms with Gasteiger partial charge in [0, 0.05) is 4.90 Å². The van der Waals surface area contributed by atoms with Crippen molar-refractivity contribution in [3.05, 3.63) is 47.1 Å². The highest BCUT2D eigenvalue weighted by Crippen LogP contribution is 2.34. The highest BCUT2D eigenvalue weighted by atomic mass is 32.2. The Labute approximate surface area is 124 Å². The Morgan fingerprint density at radius 1 is 1.30 bits per heavy atom. The first kappa shape index (κ1) is 15.3. The monoisotopic (exact) mass is 292 g/mol. The van der Waals surface area contributed by atoms with E-state index in [1.54, 1.807) is 6.07 Å². The minimum Gasteiger partial charge on any atom is -0.310 e. The summed E-state index contributed by atoms with van der Waals surface area (Å²) >= 11 is 0.253. The molecule has 4 N–H and O–H groups in total. The van der Waals surface area contributed by atoms with Gasteiger partial charge in [0.25, 0.3) is 0 Å². The number of halogens is 1. The van der Waals surface area contributed by atoms with Crippen molar-refractivity contribution in [2.75, 3.05) is 0 Å². The molecular weight excluding hydrogens is 271 g/mol. The number of hydrogen-bond acceptors (Lipinski definition) is 3. The van der Waals surface area contributed by atoms with E-state index in [2.05, 4.69) is 13.8 Å². The van der Waals surface area contributed by atoms with Crippen LogP contribution < -0.4 is 11.5 Å². The molecule has 1 aliphatic carbocycles. The summed E-state index contributed by atoms with van der Waals surface area (Å²) in [7, 11) is 0. The fourth-order valence-corrected chi connectivity index (χ4v) is 2.94. The van der Waals surface area contributed by atoms with Crippen LogP contribution in [0.2, 0.25) is 0 Å². The second-order valence-electron chi connectivity index (χ2n) is 5.53. The molecule has 0 amide bonds. The van der Waals surface area contributed by atoms with Crippen molar-refractivity contribution >= 4 is 18.2 Å². The summed E-state index contributed by atoms with van der Waals surface area (Å²) < 4.78 is 12.9. The van der Waals surface area contributed by atoms with E-state index in [4.69, 9.17) is 11.5 Å². The maximum atomic E-state index is 12.9. The highest BCUT2D eigenvalue weighted by molar-refractivity contribution is 7.94. The molecule has 1 aromatic carbocycles. The van der Waals surface area contributed by atoms with Crippen molar-refractivity contribution in [3.63, 3.8) is 0 Å². The molecule has 1 aromatic rings. The van der Waals surface area contributed by atoms with Gasteiger partial charge in [-0.2, -0.15) is 3.89 Å². The van der Waals surface area contributed by atoms with Crippen molar-refractivity contribution in [3.8, 4) is 0 Å². The van der Waals surface area contributed by atoms with Gasteiger partial charge in [0.1, 0.15) is 0 Å². The van der Waals surface area contributed by atoms with Crippen molar-refractivity contribution in [1.29, 1.82) is 0 Å². The second kappa shape index (κ2) is 6.12. The fourth-order valence-electron chi connectivity index (χ4n) is 2.59.